The fraction of sp³-hybridized carbons (Fsp3) is 0.296. The van der Waals surface area contributed by atoms with Gasteiger partial charge in [-0.25, -0.2) is 0 Å². The van der Waals surface area contributed by atoms with Crippen LogP contribution in [0.1, 0.15) is 46.3 Å². The molecule has 0 aliphatic heterocycles. The highest BCUT2D eigenvalue weighted by Crippen LogP contribution is 2.46. The maximum absolute atomic E-state index is 13.1. The van der Waals surface area contributed by atoms with E-state index in [-0.39, 0.29) is 5.78 Å². The molecule has 2 aliphatic carbocycles. The van der Waals surface area contributed by atoms with E-state index in [1.54, 1.807) is 14.2 Å². The van der Waals surface area contributed by atoms with Gasteiger partial charge in [-0.1, -0.05) is 24.3 Å². The van der Waals surface area contributed by atoms with Crippen molar-refractivity contribution in [3.05, 3.63) is 70.8 Å². The average molecular weight is 399 g/mol. The fourth-order valence-corrected chi connectivity index (χ4v) is 5.17. The van der Waals surface area contributed by atoms with Crippen molar-refractivity contribution < 1.29 is 14.3 Å². The Bertz CT molecular complexity index is 1110. The number of methoxy groups -OCH3 is 2. The Kier molecular flexibility index (Phi) is 4.82. The van der Waals surface area contributed by atoms with Crippen molar-refractivity contribution in [1.82, 2.24) is 0 Å². The van der Waals surface area contributed by atoms with Crippen LogP contribution in [-0.4, -0.2) is 20.0 Å². The van der Waals surface area contributed by atoms with Gasteiger partial charge in [0.1, 0.15) is 11.5 Å². The first kappa shape index (κ1) is 18.9. The van der Waals surface area contributed by atoms with Crippen LogP contribution in [0.4, 0.5) is 0 Å². The molecule has 152 valence electrons. The lowest BCUT2D eigenvalue weighted by atomic mass is 9.77. The molecule has 0 spiro atoms. The Labute approximate surface area is 177 Å². The molecule has 5 rings (SSSR count). The Hall–Kier alpha value is -3.07. The smallest absolute Gasteiger partial charge is 0.164 e. The topological polar surface area (TPSA) is 35.5 Å². The summed E-state index contributed by atoms with van der Waals surface area (Å²) in [6.45, 7) is 0. The minimum atomic E-state index is 0.277. The van der Waals surface area contributed by atoms with Crippen molar-refractivity contribution in [1.29, 1.82) is 0 Å². The molecule has 0 amide bonds. The van der Waals surface area contributed by atoms with Crippen LogP contribution < -0.4 is 9.47 Å². The Morgan fingerprint density at radius 3 is 1.60 bits per heavy atom. The van der Waals surface area contributed by atoms with Crippen molar-refractivity contribution in [2.24, 2.45) is 0 Å². The van der Waals surface area contributed by atoms with E-state index >= 15 is 0 Å². The molecule has 3 nitrogen and oxygen atoms in total. The van der Waals surface area contributed by atoms with Gasteiger partial charge in [0.2, 0.25) is 0 Å². The van der Waals surface area contributed by atoms with E-state index in [2.05, 4.69) is 24.3 Å². The molecular weight excluding hydrogens is 372 g/mol. The van der Waals surface area contributed by atoms with Gasteiger partial charge in [0.05, 0.1) is 14.2 Å². The van der Waals surface area contributed by atoms with Crippen molar-refractivity contribution in [2.75, 3.05) is 14.2 Å². The van der Waals surface area contributed by atoms with E-state index in [4.69, 9.17) is 9.47 Å². The first-order valence-corrected chi connectivity index (χ1v) is 10.7. The van der Waals surface area contributed by atoms with Crippen molar-refractivity contribution >= 4 is 5.78 Å². The molecule has 0 heterocycles. The minimum Gasteiger partial charge on any atom is -0.497 e. The van der Waals surface area contributed by atoms with Gasteiger partial charge in [0, 0.05) is 12.0 Å². The standard InChI is InChI=1S/C27H26O3/c1-29-19-11-7-17(8-12-19)25-21-5-3-4-6-22(21)26(27-23(25)15-16-24(27)28)18-9-13-20(30-2)14-10-18/h7-14H,3-6,15-16H2,1-2H3. The molecule has 30 heavy (non-hydrogen) atoms. The Morgan fingerprint density at radius 1 is 0.567 bits per heavy atom. The van der Waals surface area contributed by atoms with Crippen molar-refractivity contribution in [2.45, 2.75) is 38.5 Å². The molecule has 0 saturated heterocycles. The molecule has 0 unspecified atom stereocenters. The number of benzene rings is 3. The maximum Gasteiger partial charge on any atom is 0.164 e. The number of ether oxygens (including phenoxy) is 2. The van der Waals surface area contributed by atoms with Gasteiger partial charge in [-0.2, -0.15) is 0 Å². The third kappa shape index (κ3) is 3.00. The summed E-state index contributed by atoms with van der Waals surface area (Å²) in [5, 5.41) is 0. The first-order chi connectivity index (χ1) is 14.7. The third-order valence-electron chi connectivity index (χ3n) is 6.56. The van der Waals surface area contributed by atoms with E-state index in [1.807, 2.05) is 24.3 Å². The zero-order valence-electron chi connectivity index (χ0n) is 17.6. The van der Waals surface area contributed by atoms with Gasteiger partial charge in [-0.05, 0) is 95.3 Å². The van der Waals surface area contributed by atoms with Gasteiger partial charge in [0.25, 0.3) is 0 Å². The normalized spacial score (nSPS) is 14.9. The molecular formula is C27H26O3. The number of carbonyl (C=O) groups excluding carboxylic acids is 1. The lowest BCUT2D eigenvalue weighted by molar-refractivity contribution is 0.0995. The number of fused-ring (bicyclic) bond motifs is 2. The van der Waals surface area contributed by atoms with E-state index in [0.717, 1.165) is 41.9 Å². The second-order valence-corrected chi connectivity index (χ2v) is 8.15. The monoisotopic (exact) mass is 398 g/mol. The van der Waals surface area contributed by atoms with Crippen LogP contribution in [0, 0.1) is 0 Å². The Balaban J connectivity index is 1.79. The third-order valence-corrected chi connectivity index (χ3v) is 6.56. The predicted molar refractivity (Wildman–Crippen MR) is 120 cm³/mol. The van der Waals surface area contributed by atoms with E-state index < -0.39 is 0 Å². The SMILES string of the molecule is COc1ccc(-c2c3c(c(-c4ccc(OC)cc4)c4c2CCC4=O)CCCC3)cc1. The second-order valence-electron chi connectivity index (χ2n) is 8.15. The molecule has 3 aromatic rings. The van der Waals surface area contributed by atoms with Gasteiger partial charge >= 0.3 is 0 Å². The lowest BCUT2D eigenvalue weighted by Gasteiger charge is -2.27. The number of hydrogen-bond donors (Lipinski definition) is 0. The van der Waals surface area contributed by atoms with Gasteiger partial charge in [0.15, 0.2) is 5.78 Å². The van der Waals surface area contributed by atoms with Gasteiger partial charge in [-0.15, -0.1) is 0 Å². The number of carbonyl (C=O) groups is 1. The molecule has 0 bridgehead atoms. The van der Waals surface area contributed by atoms with Crippen LogP contribution in [0.15, 0.2) is 48.5 Å². The summed E-state index contributed by atoms with van der Waals surface area (Å²) in [4.78, 5) is 13.1. The quantitative estimate of drug-likeness (QED) is 0.537. The van der Waals surface area contributed by atoms with Crippen LogP contribution in [0.25, 0.3) is 22.3 Å². The van der Waals surface area contributed by atoms with E-state index in [0.29, 0.717) is 6.42 Å². The zero-order chi connectivity index (χ0) is 20.7. The van der Waals surface area contributed by atoms with Crippen LogP contribution in [0.2, 0.25) is 0 Å². The van der Waals surface area contributed by atoms with Crippen molar-refractivity contribution in [3.8, 4) is 33.8 Å². The second kappa shape index (κ2) is 7.64. The molecule has 0 radical (unpaired) electrons. The van der Waals surface area contributed by atoms with Gasteiger partial charge in [-0.3, -0.25) is 4.79 Å². The summed E-state index contributed by atoms with van der Waals surface area (Å²) in [6, 6.07) is 16.5. The molecule has 0 saturated carbocycles. The molecule has 3 heteroatoms. The van der Waals surface area contributed by atoms with Crippen molar-refractivity contribution in [3.63, 3.8) is 0 Å². The highest BCUT2D eigenvalue weighted by molar-refractivity contribution is 6.09. The molecule has 0 atom stereocenters. The highest BCUT2D eigenvalue weighted by Gasteiger charge is 2.32. The van der Waals surface area contributed by atoms with Gasteiger partial charge < -0.3 is 9.47 Å². The maximum atomic E-state index is 13.1. The summed E-state index contributed by atoms with van der Waals surface area (Å²) < 4.78 is 10.7. The number of Topliss-reactive ketones (excluding diaryl/α,β-unsaturated/α-hetero) is 1. The first-order valence-electron chi connectivity index (χ1n) is 10.7. The molecule has 0 N–H and O–H groups in total. The lowest BCUT2D eigenvalue weighted by Crippen LogP contribution is -2.12. The number of hydrogen-bond acceptors (Lipinski definition) is 3. The summed E-state index contributed by atoms with van der Waals surface area (Å²) in [7, 11) is 3.37. The molecule has 3 aromatic carbocycles. The highest BCUT2D eigenvalue weighted by atomic mass is 16.5. The minimum absolute atomic E-state index is 0.277. The molecule has 0 fully saturated rings. The number of ketones is 1. The van der Waals surface area contributed by atoms with E-state index in [9.17, 15) is 4.79 Å². The average Bonchev–Trinajstić information content (AvgIpc) is 3.18. The summed E-state index contributed by atoms with van der Waals surface area (Å²) >= 11 is 0. The largest absolute Gasteiger partial charge is 0.497 e. The van der Waals surface area contributed by atoms with Crippen LogP contribution >= 0.6 is 0 Å². The van der Waals surface area contributed by atoms with Crippen LogP contribution in [0.5, 0.6) is 11.5 Å². The molecule has 2 aliphatic rings. The summed E-state index contributed by atoms with van der Waals surface area (Å²) in [5.74, 6) is 1.97. The fourth-order valence-electron chi connectivity index (χ4n) is 5.17. The zero-order valence-corrected chi connectivity index (χ0v) is 17.6. The summed E-state index contributed by atoms with van der Waals surface area (Å²) in [5.41, 5.74) is 9.77. The van der Waals surface area contributed by atoms with Crippen LogP contribution in [-0.2, 0) is 19.3 Å². The van der Waals surface area contributed by atoms with Crippen LogP contribution in [0.3, 0.4) is 0 Å². The van der Waals surface area contributed by atoms with E-state index in [1.165, 1.54) is 46.2 Å². The summed E-state index contributed by atoms with van der Waals surface area (Å²) in [6.07, 6.45) is 5.90. The number of rotatable bonds is 4. The predicted octanol–water partition coefficient (Wildman–Crippen LogP) is 6.05. The Morgan fingerprint density at radius 2 is 1.07 bits per heavy atom. The molecule has 0 aromatic heterocycles.